The summed E-state index contributed by atoms with van der Waals surface area (Å²) >= 11 is 0. The van der Waals surface area contributed by atoms with Gasteiger partial charge in [0, 0.05) is 13.6 Å². The maximum atomic E-state index is 5.53. The molecular formula is C9H22N2. The molecule has 0 aromatic heterocycles. The minimum absolute atomic E-state index is 0.461. The van der Waals surface area contributed by atoms with Crippen molar-refractivity contribution in [2.45, 2.75) is 40.0 Å². The number of rotatable bonds is 5. The normalized spacial score (nSPS) is 12.5. The van der Waals surface area contributed by atoms with Crippen LogP contribution < -0.4 is 5.84 Å². The molecule has 0 saturated heterocycles. The van der Waals surface area contributed by atoms with Gasteiger partial charge in [-0.25, -0.2) is 0 Å². The molecule has 0 atom stereocenters. The minimum atomic E-state index is 0.461. The number of nitrogens with two attached hydrogens (primary N) is 1. The first-order valence-corrected chi connectivity index (χ1v) is 4.44. The Kier molecular flexibility index (Phi) is 4.69. The van der Waals surface area contributed by atoms with Gasteiger partial charge in [-0.3, -0.25) is 10.9 Å². The molecule has 0 bridgehead atoms. The van der Waals surface area contributed by atoms with E-state index >= 15 is 0 Å². The summed E-state index contributed by atoms with van der Waals surface area (Å²) in [6.07, 6.45) is 3.75. The van der Waals surface area contributed by atoms with Crippen molar-refractivity contribution in [3.8, 4) is 0 Å². The highest BCUT2D eigenvalue weighted by Gasteiger charge is 2.15. The molecule has 2 nitrogen and oxygen atoms in total. The molecule has 0 aromatic rings. The Labute approximate surface area is 70.7 Å². The average molecular weight is 158 g/mol. The van der Waals surface area contributed by atoms with Crippen LogP contribution in [0.2, 0.25) is 0 Å². The second-order valence-electron chi connectivity index (χ2n) is 4.14. The molecule has 0 fully saturated rings. The van der Waals surface area contributed by atoms with Crippen LogP contribution in [-0.4, -0.2) is 18.6 Å². The van der Waals surface area contributed by atoms with E-state index in [-0.39, 0.29) is 0 Å². The highest BCUT2D eigenvalue weighted by molar-refractivity contribution is 4.68. The first-order chi connectivity index (χ1) is 4.98. The zero-order valence-corrected chi connectivity index (χ0v) is 8.35. The molecule has 2 heteroatoms. The van der Waals surface area contributed by atoms with Crippen LogP contribution in [0, 0.1) is 5.41 Å². The van der Waals surface area contributed by atoms with E-state index in [0.29, 0.717) is 5.41 Å². The number of hydrogen-bond donors (Lipinski definition) is 1. The lowest BCUT2D eigenvalue weighted by Crippen LogP contribution is -2.30. The molecule has 0 aliphatic rings. The molecule has 0 saturated carbocycles. The van der Waals surface area contributed by atoms with E-state index in [9.17, 15) is 0 Å². The predicted molar refractivity (Wildman–Crippen MR) is 50.1 cm³/mol. The second-order valence-corrected chi connectivity index (χ2v) is 4.14. The Hall–Kier alpha value is -0.0800. The van der Waals surface area contributed by atoms with Crippen LogP contribution >= 0.6 is 0 Å². The zero-order valence-electron chi connectivity index (χ0n) is 8.35. The molecule has 0 amide bonds. The molecule has 0 rings (SSSR count). The molecule has 0 unspecified atom stereocenters. The molecule has 0 aliphatic heterocycles. The maximum Gasteiger partial charge on any atom is 0.0130 e. The van der Waals surface area contributed by atoms with Crippen molar-refractivity contribution in [2.24, 2.45) is 11.3 Å². The van der Waals surface area contributed by atoms with Gasteiger partial charge < -0.3 is 0 Å². The summed E-state index contributed by atoms with van der Waals surface area (Å²) in [5, 5.41) is 1.76. The van der Waals surface area contributed by atoms with E-state index in [4.69, 9.17) is 5.84 Å². The van der Waals surface area contributed by atoms with Crippen molar-refractivity contribution in [2.75, 3.05) is 13.6 Å². The second kappa shape index (κ2) is 4.73. The first-order valence-electron chi connectivity index (χ1n) is 4.44. The molecule has 0 heterocycles. The van der Waals surface area contributed by atoms with E-state index in [1.165, 1.54) is 19.3 Å². The maximum absolute atomic E-state index is 5.53. The molecule has 0 spiro atoms. The van der Waals surface area contributed by atoms with Gasteiger partial charge in [0.25, 0.3) is 0 Å². The lowest BCUT2D eigenvalue weighted by molar-refractivity contribution is 0.238. The summed E-state index contributed by atoms with van der Waals surface area (Å²) < 4.78 is 0. The van der Waals surface area contributed by atoms with E-state index in [2.05, 4.69) is 20.8 Å². The highest BCUT2D eigenvalue weighted by atomic mass is 15.4. The zero-order chi connectivity index (χ0) is 8.91. The van der Waals surface area contributed by atoms with Gasteiger partial charge in [-0.1, -0.05) is 27.2 Å². The molecule has 0 aromatic carbocycles. The fourth-order valence-corrected chi connectivity index (χ4v) is 1.28. The van der Waals surface area contributed by atoms with Crippen LogP contribution in [0.5, 0.6) is 0 Å². The topological polar surface area (TPSA) is 29.3 Å². The Morgan fingerprint density at radius 3 is 2.18 bits per heavy atom. The Balaban J connectivity index is 3.54. The van der Waals surface area contributed by atoms with Crippen molar-refractivity contribution in [3.63, 3.8) is 0 Å². The summed E-state index contributed by atoms with van der Waals surface area (Å²) in [6.45, 7) is 7.83. The summed E-state index contributed by atoms with van der Waals surface area (Å²) in [6, 6.07) is 0. The molecule has 68 valence electrons. The van der Waals surface area contributed by atoms with Gasteiger partial charge in [0.2, 0.25) is 0 Å². The first kappa shape index (κ1) is 10.9. The SMILES string of the molecule is CCCC(C)(C)CCN(C)N. The van der Waals surface area contributed by atoms with E-state index in [1.807, 2.05) is 7.05 Å². The third-order valence-corrected chi connectivity index (χ3v) is 2.07. The van der Waals surface area contributed by atoms with Crippen LogP contribution in [0.3, 0.4) is 0 Å². The van der Waals surface area contributed by atoms with Crippen LogP contribution in [-0.2, 0) is 0 Å². The van der Waals surface area contributed by atoms with Gasteiger partial charge >= 0.3 is 0 Å². The monoisotopic (exact) mass is 158 g/mol. The van der Waals surface area contributed by atoms with Crippen LogP contribution in [0.25, 0.3) is 0 Å². The predicted octanol–water partition coefficient (Wildman–Crippen LogP) is 2.01. The molecule has 2 N–H and O–H groups in total. The van der Waals surface area contributed by atoms with Gasteiger partial charge in [0.05, 0.1) is 0 Å². The van der Waals surface area contributed by atoms with Crippen molar-refractivity contribution < 1.29 is 0 Å². The number of hydrogen-bond acceptors (Lipinski definition) is 2. The average Bonchev–Trinajstić information content (AvgIpc) is 1.84. The van der Waals surface area contributed by atoms with Gasteiger partial charge in [-0.2, -0.15) is 0 Å². The number of nitrogens with zero attached hydrogens (tertiary/aromatic N) is 1. The third kappa shape index (κ3) is 6.32. The van der Waals surface area contributed by atoms with Gasteiger partial charge in [-0.05, 0) is 18.3 Å². The Morgan fingerprint density at radius 1 is 1.27 bits per heavy atom. The van der Waals surface area contributed by atoms with Crippen LogP contribution in [0.15, 0.2) is 0 Å². The minimum Gasteiger partial charge on any atom is -0.269 e. The standard InChI is InChI=1S/C9H22N2/c1-5-6-9(2,3)7-8-11(4)10/h5-8,10H2,1-4H3. The summed E-state index contributed by atoms with van der Waals surface area (Å²) in [5.74, 6) is 5.53. The fourth-order valence-electron chi connectivity index (χ4n) is 1.28. The molecular weight excluding hydrogens is 136 g/mol. The Morgan fingerprint density at radius 2 is 1.82 bits per heavy atom. The van der Waals surface area contributed by atoms with Crippen LogP contribution in [0.4, 0.5) is 0 Å². The lowest BCUT2D eigenvalue weighted by atomic mass is 9.85. The van der Waals surface area contributed by atoms with E-state index < -0.39 is 0 Å². The summed E-state index contributed by atoms with van der Waals surface area (Å²) in [5.41, 5.74) is 0.461. The smallest absolute Gasteiger partial charge is 0.0130 e. The highest BCUT2D eigenvalue weighted by Crippen LogP contribution is 2.25. The van der Waals surface area contributed by atoms with Gasteiger partial charge in [-0.15, -0.1) is 0 Å². The van der Waals surface area contributed by atoms with Gasteiger partial charge in [0.1, 0.15) is 0 Å². The van der Waals surface area contributed by atoms with E-state index in [1.54, 1.807) is 5.01 Å². The van der Waals surface area contributed by atoms with Crippen molar-refractivity contribution in [1.82, 2.24) is 5.01 Å². The summed E-state index contributed by atoms with van der Waals surface area (Å²) in [4.78, 5) is 0. The number of hydrazine groups is 1. The van der Waals surface area contributed by atoms with Gasteiger partial charge in [0.15, 0.2) is 0 Å². The third-order valence-electron chi connectivity index (χ3n) is 2.07. The summed E-state index contributed by atoms with van der Waals surface area (Å²) in [7, 11) is 1.92. The molecule has 0 aliphatic carbocycles. The molecule has 11 heavy (non-hydrogen) atoms. The fraction of sp³-hybridized carbons (Fsp3) is 1.00. The quantitative estimate of drug-likeness (QED) is 0.490. The van der Waals surface area contributed by atoms with Crippen LogP contribution in [0.1, 0.15) is 40.0 Å². The van der Waals surface area contributed by atoms with Crippen molar-refractivity contribution >= 4 is 0 Å². The Bertz CT molecular complexity index is 97.7. The molecule has 0 radical (unpaired) electrons. The van der Waals surface area contributed by atoms with Crippen molar-refractivity contribution in [3.05, 3.63) is 0 Å². The van der Waals surface area contributed by atoms with Crippen molar-refractivity contribution in [1.29, 1.82) is 0 Å². The van der Waals surface area contributed by atoms with E-state index in [0.717, 1.165) is 6.54 Å². The largest absolute Gasteiger partial charge is 0.269 e. The lowest BCUT2D eigenvalue weighted by Gasteiger charge is -2.25.